The summed E-state index contributed by atoms with van der Waals surface area (Å²) in [6.07, 6.45) is 5.65. The number of rotatable bonds is 5. The van der Waals surface area contributed by atoms with Crippen LogP contribution in [-0.4, -0.2) is 12.6 Å². The lowest BCUT2D eigenvalue weighted by Crippen LogP contribution is -2.37. The molecule has 19 heavy (non-hydrogen) atoms. The fourth-order valence-corrected chi connectivity index (χ4v) is 3.24. The van der Waals surface area contributed by atoms with E-state index in [1.54, 1.807) is 6.07 Å². The minimum absolute atomic E-state index is 0.204. The van der Waals surface area contributed by atoms with Crippen molar-refractivity contribution in [1.29, 1.82) is 0 Å². The molecular formula is C16H23ClFN. The zero-order valence-electron chi connectivity index (χ0n) is 11.8. The summed E-state index contributed by atoms with van der Waals surface area (Å²) in [7, 11) is 0. The minimum Gasteiger partial charge on any atom is -0.314 e. The third-order valence-electron chi connectivity index (χ3n) is 4.15. The Morgan fingerprint density at radius 2 is 2.00 bits per heavy atom. The molecule has 1 aliphatic rings. The summed E-state index contributed by atoms with van der Waals surface area (Å²) in [5.74, 6) is -0.236. The highest BCUT2D eigenvalue weighted by atomic mass is 35.5. The predicted octanol–water partition coefficient (Wildman–Crippen LogP) is 4.58. The average Bonchev–Trinajstić information content (AvgIpc) is 2.82. The Morgan fingerprint density at radius 1 is 1.32 bits per heavy atom. The maximum absolute atomic E-state index is 14.1. The highest BCUT2D eigenvalue weighted by molar-refractivity contribution is 6.30. The summed E-state index contributed by atoms with van der Waals surface area (Å²) in [6, 6.07) is 5.81. The topological polar surface area (TPSA) is 12.0 Å². The van der Waals surface area contributed by atoms with Gasteiger partial charge in [-0.2, -0.15) is 0 Å². The van der Waals surface area contributed by atoms with Crippen LogP contribution in [0.25, 0.3) is 0 Å². The van der Waals surface area contributed by atoms with Crippen molar-refractivity contribution in [3.8, 4) is 0 Å². The molecule has 0 heterocycles. The van der Waals surface area contributed by atoms with E-state index in [4.69, 9.17) is 11.6 Å². The molecular weight excluding hydrogens is 261 g/mol. The smallest absolute Gasteiger partial charge is 0.144 e. The van der Waals surface area contributed by atoms with Crippen molar-refractivity contribution in [1.82, 2.24) is 5.32 Å². The van der Waals surface area contributed by atoms with Crippen LogP contribution >= 0.6 is 11.6 Å². The first-order chi connectivity index (χ1) is 9.02. The molecule has 0 aliphatic heterocycles. The third kappa shape index (κ3) is 3.70. The quantitative estimate of drug-likeness (QED) is 0.834. The van der Waals surface area contributed by atoms with Gasteiger partial charge in [-0.05, 0) is 36.3 Å². The zero-order chi connectivity index (χ0) is 13.9. The van der Waals surface area contributed by atoms with Gasteiger partial charge in [0.25, 0.3) is 0 Å². The van der Waals surface area contributed by atoms with Gasteiger partial charge in [0.15, 0.2) is 0 Å². The Balaban J connectivity index is 2.14. The maximum atomic E-state index is 14.1. The van der Waals surface area contributed by atoms with Gasteiger partial charge in [0.2, 0.25) is 0 Å². The SMILES string of the molecule is CC(C)NCC1(Cc2cccc(Cl)c2F)CCCC1. The van der Waals surface area contributed by atoms with Crippen molar-refractivity contribution in [2.24, 2.45) is 5.41 Å². The maximum Gasteiger partial charge on any atom is 0.144 e. The Kier molecular flexibility index (Phi) is 4.86. The van der Waals surface area contributed by atoms with Crippen molar-refractivity contribution in [3.05, 3.63) is 34.6 Å². The van der Waals surface area contributed by atoms with Crippen LogP contribution in [0, 0.1) is 11.2 Å². The number of hydrogen-bond donors (Lipinski definition) is 1. The molecule has 0 saturated heterocycles. The average molecular weight is 284 g/mol. The second-order valence-corrected chi connectivity index (χ2v) is 6.54. The van der Waals surface area contributed by atoms with Gasteiger partial charge in [-0.15, -0.1) is 0 Å². The van der Waals surface area contributed by atoms with Crippen molar-refractivity contribution in [2.75, 3.05) is 6.54 Å². The molecule has 1 aliphatic carbocycles. The van der Waals surface area contributed by atoms with Crippen LogP contribution in [0.15, 0.2) is 18.2 Å². The van der Waals surface area contributed by atoms with Gasteiger partial charge in [0.1, 0.15) is 5.82 Å². The third-order valence-corrected chi connectivity index (χ3v) is 4.44. The van der Waals surface area contributed by atoms with Crippen LogP contribution in [0.5, 0.6) is 0 Å². The van der Waals surface area contributed by atoms with E-state index < -0.39 is 0 Å². The van der Waals surface area contributed by atoms with Crippen LogP contribution < -0.4 is 5.32 Å². The summed E-state index contributed by atoms with van der Waals surface area (Å²) in [6.45, 7) is 5.28. The van der Waals surface area contributed by atoms with E-state index in [1.165, 1.54) is 25.7 Å². The Morgan fingerprint density at radius 3 is 2.63 bits per heavy atom. The van der Waals surface area contributed by atoms with Crippen LogP contribution in [0.1, 0.15) is 45.1 Å². The van der Waals surface area contributed by atoms with E-state index in [-0.39, 0.29) is 16.3 Å². The van der Waals surface area contributed by atoms with Gasteiger partial charge in [-0.3, -0.25) is 0 Å². The molecule has 2 rings (SSSR count). The van der Waals surface area contributed by atoms with Gasteiger partial charge in [-0.1, -0.05) is 50.4 Å². The van der Waals surface area contributed by atoms with Gasteiger partial charge in [0, 0.05) is 12.6 Å². The normalized spacial score (nSPS) is 18.2. The number of benzene rings is 1. The van der Waals surface area contributed by atoms with Crippen molar-refractivity contribution < 1.29 is 4.39 Å². The highest BCUT2D eigenvalue weighted by Crippen LogP contribution is 2.41. The van der Waals surface area contributed by atoms with E-state index in [2.05, 4.69) is 19.2 Å². The molecule has 1 N–H and O–H groups in total. The second-order valence-electron chi connectivity index (χ2n) is 6.13. The highest BCUT2D eigenvalue weighted by Gasteiger charge is 2.34. The monoisotopic (exact) mass is 283 g/mol. The molecule has 0 bridgehead atoms. The lowest BCUT2D eigenvalue weighted by atomic mass is 9.79. The molecule has 1 aromatic carbocycles. The summed E-state index contributed by atoms with van der Waals surface area (Å²) < 4.78 is 14.1. The number of nitrogens with one attached hydrogen (secondary N) is 1. The summed E-state index contributed by atoms with van der Waals surface area (Å²) in [5.41, 5.74) is 0.968. The largest absolute Gasteiger partial charge is 0.314 e. The Labute approximate surface area is 120 Å². The molecule has 1 fully saturated rings. The molecule has 0 atom stereocenters. The fraction of sp³-hybridized carbons (Fsp3) is 0.625. The fourth-order valence-electron chi connectivity index (χ4n) is 3.05. The molecule has 0 unspecified atom stereocenters. The van der Waals surface area contributed by atoms with E-state index >= 15 is 0 Å². The summed E-state index contributed by atoms with van der Waals surface area (Å²) in [4.78, 5) is 0. The lowest BCUT2D eigenvalue weighted by molar-refractivity contribution is 0.266. The van der Waals surface area contributed by atoms with Gasteiger partial charge >= 0.3 is 0 Å². The molecule has 1 aromatic rings. The van der Waals surface area contributed by atoms with E-state index in [1.807, 2.05) is 12.1 Å². The van der Waals surface area contributed by atoms with Crippen LogP contribution in [0.4, 0.5) is 4.39 Å². The van der Waals surface area contributed by atoms with Gasteiger partial charge < -0.3 is 5.32 Å². The molecule has 3 heteroatoms. The van der Waals surface area contributed by atoms with Gasteiger partial charge in [0.05, 0.1) is 5.02 Å². The Bertz CT molecular complexity index is 425. The van der Waals surface area contributed by atoms with Crippen LogP contribution in [0.3, 0.4) is 0 Å². The molecule has 0 spiro atoms. The van der Waals surface area contributed by atoms with E-state index in [0.717, 1.165) is 18.5 Å². The molecule has 1 saturated carbocycles. The predicted molar refractivity (Wildman–Crippen MR) is 79.2 cm³/mol. The second kappa shape index (κ2) is 6.23. The standard InChI is InChI=1S/C16H23ClFN/c1-12(2)19-11-16(8-3-4-9-16)10-13-6-5-7-14(17)15(13)18/h5-7,12,19H,3-4,8-11H2,1-2H3. The summed E-state index contributed by atoms with van der Waals surface area (Å²) >= 11 is 5.88. The molecule has 106 valence electrons. The lowest BCUT2D eigenvalue weighted by Gasteiger charge is -2.31. The van der Waals surface area contributed by atoms with Gasteiger partial charge in [-0.25, -0.2) is 4.39 Å². The molecule has 1 nitrogen and oxygen atoms in total. The number of halogens is 2. The van der Waals surface area contributed by atoms with Crippen LogP contribution in [-0.2, 0) is 6.42 Å². The van der Waals surface area contributed by atoms with E-state index in [9.17, 15) is 4.39 Å². The van der Waals surface area contributed by atoms with Crippen molar-refractivity contribution in [2.45, 2.75) is 52.0 Å². The molecule has 0 aromatic heterocycles. The first kappa shape index (κ1) is 14.8. The molecule has 0 amide bonds. The molecule has 0 radical (unpaired) electrons. The Hall–Kier alpha value is -0.600. The zero-order valence-corrected chi connectivity index (χ0v) is 12.6. The minimum atomic E-state index is -0.236. The van der Waals surface area contributed by atoms with E-state index in [0.29, 0.717) is 6.04 Å². The van der Waals surface area contributed by atoms with Crippen molar-refractivity contribution in [3.63, 3.8) is 0 Å². The number of hydrogen-bond acceptors (Lipinski definition) is 1. The first-order valence-corrected chi connectivity index (χ1v) is 7.56. The van der Waals surface area contributed by atoms with Crippen LogP contribution in [0.2, 0.25) is 5.02 Å². The van der Waals surface area contributed by atoms with Crippen molar-refractivity contribution >= 4 is 11.6 Å². The first-order valence-electron chi connectivity index (χ1n) is 7.19. The summed E-state index contributed by atoms with van der Waals surface area (Å²) in [5, 5.41) is 3.77.